The average molecular weight is 326 g/mol. The van der Waals surface area contributed by atoms with Gasteiger partial charge < -0.3 is 10.4 Å². The van der Waals surface area contributed by atoms with E-state index >= 15 is 0 Å². The van der Waals surface area contributed by atoms with Crippen LogP contribution in [0.25, 0.3) is 0 Å². The normalized spacial score (nSPS) is 11.6. The molecular formula is C11H11BrF3NO2. The van der Waals surface area contributed by atoms with Crippen molar-refractivity contribution in [2.24, 2.45) is 0 Å². The summed E-state index contributed by atoms with van der Waals surface area (Å²) in [6.45, 7) is 0.0766. The Morgan fingerprint density at radius 1 is 1.39 bits per heavy atom. The van der Waals surface area contributed by atoms with Crippen LogP contribution in [0.2, 0.25) is 0 Å². The van der Waals surface area contributed by atoms with Crippen LogP contribution in [-0.4, -0.2) is 23.8 Å². The zero-order valence-electron chi connectivity index (χ0n) is 9.22. The van der Waals surface area contributed by atoms with E-state index < -0.39 is 18.6 Å². The quantitative estimate of drug-likeness (QED) is 0.817. The topological polar surface area (TPSA) is 49.3 Å². The summed E-state index contributed by atoms with van der Waals surface area (Å²) in [5, 5.41) is 11.4. The number of rotatable bonds is 5. The van der Waals surface area contributed by atoms with Gasteiger partial charge in [-0.1, -0.05) is 22.0 Å². The summed E-state index contributed by atoms with van der Waals surface area (Å²) in [6, 6.07) is 4.39. The molecule has 100 valence electrons. The van der Waals surface area contributed by atoms with Crippen LogP contribution < -0.4 is 5.32 Å². The number of aromatic carboxylic acids is 1. The van der Waals surface area contributed by atoms with Crippen LogP contribution in [0.1, 0.15) is 22.3 Å². The number of hydrogen-bond acceptors (Lipinski definition) is 2. The average Bonchev–Trinajstić information content (AvgIpc) is 2.24. The fourth-order valence-electron chi connectivity index (χ4n) is 1.28. The van der Waals surface area contributed by atoms with Crippen LogP contribution in [0.4, 0.5) is 13.2 Å². The number of hydrogen-bond donors (Lipinski definition) is 2. The van der Waals surface area contributed by atoms with Gasteiger partial charge in [-0.2, -0.15) is 13.2 Å². The van der Waals surface area contributed by atoms with Gasteiger partial charge in [-0.25, -0.2) is 4.79 Å². The molecule has 1 rings (SSSR count). The first-order valence-corrected chi connectivity index (χ1v) is 5.88. The van der Waals surface area contributed by atoms with Gasteiger partial charge >= 0.3 is 12.1 Å². The molecule has 18 heavy (non-hydrogen) atoms. The second-order valence-electron chi connectivity index (χ2n) is 3.65. The van der Waals surface area contributed by atoms with Gasteiger partial charge in [0.05, 0.1) is 12.0 Å². The van der Waals surface area contributed by atoms with E-state index in [0.717, 1.165) is 0 Å². The van der Waals surface area contributed by atoms with Gasteiger partial charge in [0.25, 0.3) is 0 Å². The molecule has 0 fully saturated rings. The maximum absolute atomic E-state index is 11.9. The predicted molar refractivity (Wildman–Crippen MR) is 63.5 cm³/mol. The summed E-state index contributed by atoms with van der Waals surface area (Å²) in [5.41, 5.74) is 0.836. The molecule has 7 heteroatoms. The Hall–Kier alpha value is -1.08. The second kappa shape index (κ2) is 6.19. The van der Waals surface area contributed by atoms with Crippen molar-refractivity contribution in [2.75, 3.05) is 6.54 Å². The van der Waals surface area contributed by atoms with Crippen molar-refractivity contribution in [3.63, 3.8) is 0 Å². The minimum atomic E-state index is -4.17. The standard InChI is InChI=1S/C11H11BrF3NO2/c12-9-5-7(10(17)18)1-2-8(9)6-16-4-3-11(13,14)15/h1-2,5,16H,3-4,6H2,(H,17,18). The van der Waals surface area contributed by atoms with Crippen LogP contribution in [0.15, 0.2) is 22.7 Å². The highest BCUT2D eigenvalue weighted by molar-refractivity contribution is 9.10. The van der Waals surface area contributed by atoms with Gasteiger partial charge in [0.1, 0.15) is 0 Å². The van der Waals surface area contributed by atoms with E-state index in [4.69, 9.17) is 5.11 Å². The van der Waals surface area contributed by atoms with E-state index in [0.29, 0.717) is 10.0 Å². The molecule has 0 aromatic heterocycles. The number of carboxylic acids is 1. The second-order valence-corrected chi connectivity index (χ2v) is 4.51. The number of benzene rings is 1. The zero-order valence-corrected chi connectivity index (χ0v) is 10.8. The van der Waals surface area contributed by atoms with Gasteiger partial charge in [0.2, 0.25) is 0 Å². The van der Waals surface area contributed by atoms with Crippen LogP contribution >= 0.6 is 15.9 Å². The van der Waals surface area contributed by atoms with E-state index in [1.165, 1.54) is 12.1 Å². The van der Waals surface area contributed by atoms with Crippen molar-refractivity contribution < 1.29 is 23.1 Å². The van der Waals surface area contributed by atoms with Crippen LogP contribution in [0.3, 0.4) is 0 Å². The lowest BCUT2D eigenvalue weighted by atomic mass is 10.1. The van der Waals surface area contributed by atoms with Crippen molar-refractivity contribution in [3.8, 4) is 0 Å². The Morgan fingerprint density at radius 3 is 2.56 bits per heavy atom. The predicted octanol–water partition coefficient (Wildman–Crippen LogP) is 3.19. The summed E-state index contributed by atoms with van der Waals surface area (Å²) >= 11 is 3.18. The van der Waals surface area contributed by atoms with Gasteiger partial charge in [0, 0.05) is 17.6 Å². The zero-order chi connectivity index (χ0) is 13.8. The number of nitrogens with one attached hydrogen (secondary N) is 1. The third kappa shape index (κ3) is 5.05. The molecule has 0 spiro atoms. The Kier molecular flexibility index (Phi) is 5.15. The van der Waals surface area contributed by atoms with Crippen LogP contribution in [0.5, 0.6) is 0 Å². The molecule has 0 unspecified atom stereocenters. The van der Waals surface area contributed by atoms with Crippen molar-refractivity contribution in [1.29, 1.82) is 0 Å². The monoisotopic (exact) mass is 325 g/mol. The molecule has 0 heterocycles. The number of carboxylic acid groups (broad SMARTS) is 1. The first-order valence-electron chi connectivity index (χ1n) is 5.09. The summed E-state index contributed by atoms with van der Waals surface area (Å²) < 4.78 is 36.2. The number of alkyl halides is 3. The first kappa shape index (κ1) is 15.0. The molecule has 0 saturated carbocycles. The third-order valence-corrected chi connectivity index (χ3v) is 2.94. The number of carbonyl (C=O) groups is 1. The molecule has 0 bridgehead atoms. The molecule has 0 amide bonds. The minimum absolute atomic E-state index is 0.126. The highest BCUT2D eigenvalue weighted by atomic mass is 79.9. The van der Waals surface area contributed by atoms with Crippen molar-refractivity contribution in [2.45, 2.75) is 19.1 Å². The van der Waals surface area contributed by atoms with E-state index in [1.54, 1.807) is 6.07 Å². The van der Waals surface area contributed by atoms with E-state index in [9.17, 15) is 18.0 Å². The largest absolute Gasteiger partial charge is 0.478 e. The highest BCUT2D eigenvalue weighted by Crippen LogP contribution is 2.20. The van der Waals surface area contributed by atoms with Crippen LogP contribution in [0, 0.1) is 0 Å². The fourth-order valence-corrected chi connectivity index (χ4v) is 1.80. The Labute approximate surface area is 110 Å². The Balaban J connectivity index is 2.51. The Bertz CT molecular complexity index is 435. The van der Waals surface area contributed by atoms with Gasteiger partial charge in [-0.15, -0.1) is 0 Å². The van der Waals surface area contributed by atoms with E-state index in [1.807, 2.05) is 0 Å². The SMILES string of the molecule is O=C(O)c1ccc(CNCCC(F)(F)F)c(Br)c1. The van der Waals surface area contributed by atoms with Gasteiger partial charge in [-0.3, -0.25) is 0 Å². The molecule has 1 aromatic rings. The molecule has 0 radical (unpaired) electrons. The van der Waals surface area contributed by atoms with Crippen molar-refractivity contribution in [1.82, 2.24) is 5.32 Å². The lowest BCUT2D eigenvalue weighted by Gasteiger charge is -2.09. The maximum atomic E-state index is 11.9. The lowest BCUT2D eigenvalue weighted by molar-refractivity contribution is -0.133. The van der Waals surface area contributed by atoms with Crippen molar-refractivity contribution >= 4 is 21.9 Å². The summed E-state index contributed by atoms with van der Waals surface area (Å²) in [6.07, 6.45) is -5.06. The molecule has 0 aliphatic carbocycles. The molecule has 3 nitrogen and oxygen atoms in total. The smallest absolute Gasteiger partial charge is 0.390 e. The van der Waals surface area contributed by atoms with E-state index in [-0.39, 0.29) is 18.7 Å². The lowest BCUT2D eigenvalue weighted by Crippen LogP contribution is -2.21. The minimum Gasteiger partial charge on any atom is -0.478 e. The van der Waals surface area contributed by atoms with E-state index in [2.05, 4.69) is 21.2 Å². The van der Waals surface area contributed by atoms with Crippen LogP contribution in [-0.2, 0) is 6.54 Å². The van der Waals surface area contributed by atoms with Gasteiger partial charge in [0.15, 0.2) is 0 Å². The summed E-state index contributed by atoms with van der Waals surface area (Å²) in [7, 11) is 0. The van der Waals surface area contributed by atoms with Gasteiger partial charge in [-0.05, 0) is 17.7 Å². The molecule has 0 aliphatic heterocycles. The fraction of sp³-hybridized carbons (Fsp3) is 0.364. The summed E-state index contributed by atoms with van der Waals surface area (Å²) in [4.78, 5) is 10.7. The Morgan fingerprint density at radius 2 is 2.06 bits per heavy atom. The molecular weight excluding hydrogens is 315 g/mol. The van der Waals surface area contributed by atoms with Crippen molar-refractivity contribution in [3.05, 3.63) is 33.8 Å². The maximum Gasteiger partial charge on any atom is 0.390 e. The third-order valence-electron chi connectivity index (χ3n) is 2.20. The highest BCUT2D eigenvalue weighted by Gasteiger charge is 2.25. The molecule has 1 aromatic carbocycles. The number of halogens is 4. The molecule has 2 N–H and O–H groups in total. The molecule has 0 saturated heterocycles. The molecule has 0 atom stereocenters. The summed E-state index contributed by atoms with van der Waals surface area (Å²) in [5.74, 6) is -1.05. The first-order chi connectivity index (χ1) is 8.29. The molecule has 0 aliphatic rings.